The molecule has 3 unspecified atom stereocenters. The lowest BCUT2D eigenvalue weighted by molar-refractivity contribution is -0.138. The lowest BCUT2D eigenvalue weighted by Gasteiger charge is -2.19. The fraction of sp³-hybridized carbons (Fsp3) is 0.818. The zero-order valence-electron chi connectivity index (χ0n) is 9.49. The van der Waals surface area contributed by atoms with Gasteiger partial charge in [0.25, 0.3) is 0 Å². The molecule has 4 nitrogen and oxygen atoms in total. The van der Waals surface area contributed by atoms with Gasteiger partial charge in [0, 0.05) is 19.6 Å². The number of hydrogen-bond acceptors (Lipinski definition) is 3. The minimum Gasteiger partial charge on any atom is -0.312 e. The van der Waals surface area contributed by atoms with Crippen LogP contribution in [-0.2, 0) is 9.59 Å². The van der Waals surface area contributed by atoms with Gasteiger partial charge < -0.3 is 5.32 Å². The van der Waals surface area contributed by atoms with Crippen LogP contribution in [0.5, 0.6) is 0 Å². The average Bonchev–Trinajstić information content (AvgIpc) is 2.64. The van der Waals surface area contributed by atoms with Crippen molar-refractivity contribution in [2.24, 2.45) is 17.8 Å². The molecule has 2 heterocycles. The van der Waals surface area contributed by atoms with Gasteiger partial charge in [0.1, 0.15) is 0 Å². The van der Waals surface area contributed by atoms with Crippen molar-refractivity contribution in [3.63, 3.8) is 0 Å². The van der Waals surface area contributed by atoms with Gasteiger partial charge in [0.2, 0.25) is 11.8 Å². The first-order valence-corrected chi connectivity index (χ1v) is 5.57. The molecule has 2 saturated heterocycles. The number of nitrogens with one attached hydrogen (secondary N) is 1. The molecule has 1 N–H and O–H groups in total. The van der Waals surface area contributed by atoms with Crippen LogP contribution in [0.2, 0.25) is 0 Å². The molecule has 2 rings (SSSR count). The topological polar surface area (TPSA) is 49.4 Å². The summed E-state index contributed by atoms with van der Waals surface area (Å²) in [5.41, 5.74) is 0. The minimum atomic E-state index is -0.107. The number of likely N-dealkylation sites (tertiary alicyclic amines) is 1. The Morgan fingerprint density at radius 1 is 1.40 bits per heavy atom. The van der Waals surface area contributed by atoms with E-state index in [-0.39, 0.29) is 29.7 Å². The van der Waals surface area contributed by atoms with Crippen LogP contribution < -0.4 is 5.32 Å². The Hall–Kier alpha value is -0.900. The molecule has 15 heavy (non-hydrogen) atoms. The normalized spacial score (nSPS) is 35.5. The first-order valence-electron chi connectivity index (χ1n) is 5.57. The molecule has 2 amide bonds. The number of nitrogens with zero attached hydrogens (tertiary/aromatic N) is 1. The number of carbonyl (C=O) groups is 2. The third kappa shape index (κ3) is 1.57. The molecule has 2 aliphatic rings. The van der Waals surface area contributed by atoms with Gasteiger partial charge in [-0.25, -0.2) is 0 Å². The van der Waals surface area contributed by atoms with E-state index < -0.39 is 0 Å². The zero-order valence-corrected chi connectivity index (χ0v) is 9.49. The van der Waals surface area contributed by atoms with Gasteiger partial charge in [-0.1, -0.05) is 13.8 Å². The van der Waals surface area contributed by atoms with Crippen molar-refractivity contribution in [1.82, 2.24) is 10.2 Å². The van der Waals surface area contributed by atoms with Gasteiger partial charge >= 0.3 is 0 Å². The standard InChI is InChI=1S/C11H18N2O2/c1-6(2)4-8-9-7(5-12-8)10(14)13(3)11(9)15/h6-9,12H,4-5H2,1-3H3. The number of amides is 2. The summed E-state index contributed by atoms with van der Waals surface area (Å²) < 4.78 is 0. The SMILES string of the molecule is CC(C)CC1NCC2C(=O)N(C)C(=O)C12. The molecule has 0 spiro atoms. The molecule has 2 aliphatic heterocycles. The Morgan fingerprint density at radius 3 is 2.67 bits per heavy atom. The maximum Gasteiger partial charge on any atom is 0.234 e. The van der Waals surface area contributed by atoms with Crippen LogP contribution in [0.15, 0.2) is 0 Å². The van der Waals surface area contributed by atoms with Crippen molar-refractivity contribution in [3.8, 4) is 0 Å². The second-order valence-corrected chi connectivity index (χ2v) is 5.01. The summed E-state index contributed by atoms with van der Waals surface area (Å²) >= 11 is 0. The van der Waals surface area contributed by atoms with Crippen LogP contribution in [0.25, 0.3) is 0 Å². The molecule has 0 aromatic rings. The fourth-order valence-electron chi connectivity index (χ4n) is 2.72. The zero-order chi connectivity index (χ0) is 11.2. The largest absolute Gasteiger partial charge is 0.312 e. The van der Waals surface area contributed by atoms with E-state index in [1.54, 1.807) is 7.05 Å². The first-order chi connectivity index (χ1) is 7.02. The number of fused-ring (bicyclic) bond motifs is 1. The van der Waals surface area contributed by atoms with Crippen LogP contribution in [0.3, 0.4) is 0 Å². The molecule has 0 radical (unpaired) electrons. The van der Waals surface area contributed by atoms with Crippen LogP contribution in [0.4, 0.5) is 0 Å². The molecule has 2 fully saturated rings. The van der Waals surface area contributed by atoms with Crippen LogP contribution >= 0.6 is 0 Å². The molecule has 3 atom stereocenters. The molecule has 4 heteroatoms. The summed E-state index contributed by atoms with van der Waals surface area (Å²) in [6.07, 6.45) is 0.966. The summed E-state index contributed by atoms with van der Waals surface area (Å²) in [5.74, 6) is 0.329. The van der Waals surface area contributed by atoms with Gasteiger partial charge in [-0.15, -0.1) is 0 Å². The van der Waals surface area contributed by atoms with E-state index in [1.165, 1.54) is 4.90 Å². The monoisotopic (exact) mass is 210 g/mol. The van der Waals surface area contributed by atoms with Crippen molar-refractivity contribution in [3.05, 3.63) is 0 Å². The van der Waals surface area contributed by atoms with Crippen LogP contribution in [0.1, 0.15) is 20.3 Å². The smallest absolute Gasteiger partial charge is 0.234 e. The lowest BCUT2D eigenvalue weighted by atomic mass is 9.88. The molecular weight excluding hydrogens is 192 g/mol. The van der Waals surface area contributed by atoms with Gasteiger partial charge in [-0.05, 0) is 12.3 Å². The maximum atomic E-state index is 11.9. The van der Waals surface area contributed by atoms with E-state index in [4.69, 9.17) is 0 Å². The van der Waals surface area contributed by atoms with E-state index >= 15 is 0 Å². The highest BCUT2D eigenvalue weighted by atomic mass is 16.2. The number of rotatable bonds is 2. The van der Waals surface area contributed by atoms with E-state index in [0.717, 1.165) is 6.42 Å². The Morgan fingerprint density at radius 2 is 2.07 bits per heavy atom. The van der Waals surface area contributed by atoms with Gasteiger partial charge in [0.15, 0.2) is 0 Å². The summed E-state index contributed by atoms with van der Waals surface area (Å²) in [7, 11) is 1.59. The molecule has 0 aliphatic carbocycles. The number of hydrogen-bond donors (Lipinski definition) is 1. The van der Waals surface area contributed by atoms with E-state index in [9.17, 15) is 9.59 Å². The van der Waals surface area contributed by atoms with Crippen molar-refractivity contribution in [2.75, 3.05) is 13.6 Å². The highest BCUT2D eigenvalue weighted by Gasteiger charge is 2.52. The van der Waals surface area contributed by atoms with Crippen molar-refractivity contribution >= 4 is 11.8 Å². The fourth-order valence-corrected chi connectivity index (χ4v) is 2.72. The Labute approximate surface area is 90.0 Å². The third-order valence-electron chi connectivity index (χ3n) is 3.46. The van der Waals surface area contributed by atoms with Gasteiger partial charge in [-0.3, -0.25) is 14.5 Å². The highest BCUT2D eigenvalue weighted by molar-refractivity contribution is 6.05. The second-order valence-electron chi connectivity index (χ2n) is 5.01. The predicted molar refractivity (Wildman–Crippen MR) is 56.0 cm³/mol. The van der Waals surface area contributed by atoms with Crippen molar-refractivity contribution in [1.29, 1.82) is 0 Å². The molecular formula is C11H18N2O2. The summed E-state index contributed by atoms with van der Waals surface area (Å²) in [5, 5.41) is 3.30. The Kier molecular flexibility index (Phi) is 2.54. The van der Waals surface area contributed by atoms with E-state index in [2.05, 4.69) is 19.2 Å². The minimum absolute atomic E-state index is 0.000602. The predicted octanol–water partition coefficient (Wildman–Crippen LogP) is 0.235. The Balaban J connectivity index is 2.15. The van der Waals surface area contributed by atoms with E-state index in [1.807, 2.05) is 0 Å². The number of carbonyl (C=O) groups excluding carboxylic acids is 2. The molecule has 0 saturated carbocycles. The van der Waals surface area contributed by atoms with Gasteiger partial charge in [-0.2, -0.15) is 0 Å². The quantitative estimate of drug-likeness (QED) is 0.664. The maximum absolute atomic E-state index is 11.9. The summed E-state index contributed by atoms with van der Waals surface area (Å²) in [6.45, 7) is 4.94. The lowest BCUT2D eigenvalue weighted by Crippen LogP contribution is -2.37. The average molecular weight is 210 g/mol. The molecule has 0 aromatic carbocycles. The van der Waals surface area contributed by atoms with Gasteiger partial charge in [0.05, 0.1) is 11.8 Å². The molecule has 0 bridgehead atoms. The summed E-state index contributed by atoms with van der Waals surface area (Å²) in [6, 6.07) is 0.191. The van der Waals surface area contributed by atoms with E-state index in [0.29, 0.717) is 12.5 Å². The highest BCUT2D eigenvalue weighted by Crippen LogP contribution is 2.34. The summed E-state index contributed by atoms with van der Waals surface area (Å²) in [4.78, 5) is 24.8. The number of imide groups is 1. The second kappa shape index (κ2) is 3.59. The third-order valence-corrected chi connectivity index (χ3v) is 3.46. The van der Waals surface area contributed by atoms with Crippen LogP contribution in [0, 0.1) is 17.8 Å². The Bertz CT molecular complexity index is 301. The van der Waals surface area contributed by atoms with Crippen molar-refractivity contribution < 1.29 is 9.59 Å². The molecule has 84 valence electrons. The van der Waals surface area contributed by atoms with Crippen LogP contribution in [-0.4, -0.2) is 36.3 Å². The van der Waals surface area contributed by atoms with Crippen molar-refractivity contribution in [2.45, 2.75) is 26.3 Å². The first kappa shape index (κ1) is 10.6. The molecule has 0 aromatic heterocycles.